The molecule has 0 aromatic heterocycles. The number of guanidine groups is 1. The highest BCUT2D eigenvalue weighted by atomic mass is 127. The van der Waals surface area contributed by atoms with Crippen LogP contribution in [0, 0.1) is 5.92 Å². The highest BCUT2D eigenvalue weighted by Crippen LogP contribution is 2.29. The summed E-state index contributed by atoms with van der Waals surface area (Å²) in [5, 5.41) is 3.39. The van der Waals surface area contributed by atoms with E-state index in [4.69, 9.17) is 0 Å². The second-order valence-corrected chi connectivity index (χ2v) is 7.82. The number of nitrogens with zero attached hydrogens (tertiary/aromatic N) is 4. The predicted molar refractivity (Wildman–Crippen MR) is 127 cm³/mol. The molecule has 1 aliphatic heterocycles. The SMILES string of the molecule is CCN1CCN(CC(C)CNC(=NC)N(C)Cc2ccc(C(F)(F)F)cc2)CC1.I. The van der Waals surface area contributed by atoms with Crippen molar-refractivity contribution in [1.29, 1.82) is 0 Å². The maximum Gasteiger partial charge on any atom is 0.416 e. The molecule has 1 saturated heterocycles. The van der Waals surface area contributed by atoms with E-state index in [1.165, 1.54) is 12.1 Å². The number of piperazine rings is 1. The Hall–Kier alpha value is -1.07. The number of halogens is 4. The molecular weight excluding hydrogens is 506 g/mol. The molecule has 5 nitrogen and oxygen atoms in total. The third-order valence-electron chi connectivity index (χ3n) is 5.37. The first kappa shape index (κ1) is 27.0. The van der Waals surface area contributed by atoms with Crippen LogP contribution < -0.4 is 5.32 Å². The van der Waals surface area contributed by atoms with Gasteiger partial charge >= 0.3 is 6.18 Å². The lowest BCUT2D eigenvalue weighted by Crippen LogP contribution is -2.48. The van der Waals surface area contributed by atoms with Gasteiger partial charge in [0.05, 0.1) is 5.56 Å². The van der Waals surface area contributed by atoms with Crippen molar-refractivity contribution in [1.82, 2.24) is 20.0 Å². The average Bonchev–Trinajstić information content (AvgIpc) is 2.68. The van der Waals surface area contributed by atoms with Gasteiger partial charge in [-0.2, -0.15) is 13.2 Å². The van der Waals surface area contributed by atoms with Gasteiger partial charge in [0.2, 0.25) is 0 Å². The summed E-state index contributed by atoms with van der Waals surface area (Å²) in [5.74, 6) is 1.21. The standard InChI is InChI=1S/C21H34F3N5.HI/c1-5-28-10-12-29(13-11-28)15-17(2)14-26-20(25-3)27(4)16-18-6-8-19(9-7-18)21(22,23)24;/h6-9,17H,5,10-16H2,1-4H3,(H,25,26);1H. The monoisotopic (exact) mass is 541 g/mol. The first-order chi connectivity index (χ1) is 13.7. The van der Waals surface area contributed by atoms with Gasteiger partial charge in [-0.05, 0) is 30.2 Å². The van der Waals surface area contributed by atoms with Crippen LogP contribution in [-0.4, -0.2) is 80.6 Å². The van der Waals surface area contributed by atoms with Crippen LogP contribution >= 0.6 is 24.0 Å². The minimum atomic E-state index is -4.30. The molecular formula is C21H35F3IN5. The number of aliphatic imine (C=N–C) groups is 1. The molecule has 1 N–H and O–H groups in total. The fraction of sp³-hybridized carbons (Fsp3) is 0.667. The molecule has 1 aromatic carbocycles. The van der Waals surface area contributed by atoms with Crippen molar-refractivity contribution < 1.29 is 13.2 Å². The van der Waals surface area contributed by atoms with E-state index in [2.05, 4.69) is 34.0 Å². The van der Waals surface area contributed by atoms with Gasteiger partial charge in [-0.1, -0.05) is 26.0 Å². The fourth-order valence-corrected chi connectivity index (χ4v) is 3.59. The van der Waals surface area contributed by atoms with Crippen LogP contribution in [0.3, 0.4) is 0 Å². The zero-order valence-electron chi connectivity index (χ0n) is 18.4. The molecule has 1 fully saturated rings. The van der Waals surface area contributed by atoms with E-state index in [-0.39, 0.29) is 24.0 Å². The maximum absolute atomic E-state index is 12.7. The Morgan fingerprint density at radius 3 is 2.20 bits per heavy atom. The quantitative estimate of drug-likeness (QED) is 0.325. The minimum Gasteiger partial charge on any atom is -0.356 e. The molecule has 1 heterocycles. The fourth-order valence-electron chi connectivity index (χ4n) is 3.59. The lowest BCUT2D eigenvalue weighted by molar-refractivity contribution is -0.137. The molecule has 0 aliphatic carbocycles. The number of rotatable bonds is 7. The highest BCUT2D eigenvalue weighted by molar-refractivity contribution is 14.0. The van der Waals surface area contributed by atoms with Gasteiger partial charge in [-0.15, -0.1) is 24.0 Å². The summed E-state index contributed by atoms with van der Waals surface area (Å²) in [7, 11) is 3.61. The van der Waals surface area contributed by atoms with Crippen molar-refractivity contribution in [3.8, 4) is 0 Å². The van der Waals surface area contributed by atoms with E-state index in [1.807, 2.05) is 11.9 Å². The molecule has 9 heteroatoms. The summed E-state index contributed by atoms with van der Waals surface area (Å²) in [5.41, 5.74) is 0.185. The topological polar surface area (TPSA) is 34.1 Å². The summed E-state index contributed by atoms with van der Waals surface area (Å²) in [6.45, 7) is 12.4. The number of likely N-dealkylation sites (N-methyl/N-ethyl adjacent to an activating group) is 1. The van der Waals surface area contributed by atoms with E-state index in [9.17, 15) is 13.2 Å². The number of nitrogens with one attached hydrogen (secondary N) is 1. The van der Waals surface area contributed by atoms with Crippen LogP contribution in [0.5, 0.6) is 0 Å². The normalized spacial score (nSPS) is 17.4. The van der Waals surface area contributed by atoms with E-state index >= 15 is 0 Å². The third-order valence-corrected chi connectivity index (χ3v) is 5.37. The van der Waals surface area contributed by atoms with Crippen molar-refractivity contribution in [3.63, 3.8) is 0 Å². The Balaban J connectivity index is 0.00000450. The lowest BCUT2D eigenvalue weighted by Gasteiger charge is -2.35. The van der Waals surface area contributed by atoms with Crippen molar-refractivity contribution in [2.75, 3.05) is 59.9 Å². The Labute approximate surface area is 195 Å². The second kappa shape index (κ2) is 12.7. The zero-order chi connectivity index (χ0) is 21.4. The van der Waals surface area contributed by atoms with Crippen molar-refractivity contribution in [2.24, 2.45) is 10.9 Å². The summed E-state index contributed by atoms with van der Waals surface area (Å²) in [4.78, 5) is 11.2. The number of hydrogen-bond acceptors (Lipinski definition) is 3. The molecule has 1 atom stereocenters. The Kier molecular flexibility index (Phi) is 11.4. The van der Waals surface area contributed by atoms with Crippen LogP contribution in [0.15, 0.2) is 29.3 Å². The smallest absolute Gasteiger partial charge is 0.356 e. The molecule has 0 saturated carbocycles. The first-order valence-corrected chi connectivity index (χ1v) is 10.3. The summed E-state index contributed by atoms with van der Waals surface area (Å²) in [6.07, 6.45) is -4.30. The molecule has 1 unspecified atom stereocenters. The van der Waals surface area contributed by atoms with Gasteiger partial charge < -0.3 is 20.0 Å². The van der Waals surface area contributed by atoms with Crippen LogP contribution in [0.4, 0.5) is 13.2 Å². The number of hydrogen-bond donors (Lipinski definition) is 1. The van der Waals surface area contributed by atoms with Crippen molar-refractivity contribution >= 4 is 29.9 Å². The van der Waals surface area contributed by atoms with Crippen LogP contribution in [0.2, 0.25) is 0 Å². The Bertz CT molecular complexity index is 643. The summed E-state index contributed by atoms with van der Waals surface area (Å²) in [6, 6.07) is 5.29. The molecule has 0 radical (unpaired) electrons. The van der Waals surface area contributed by atoms with Crippen LogP contribution in [-0.2, 0) is 12.7 Å². The minimum absolute atomic E-state index is 0. The van der Waals surface area contributed by atoms with Gasteiger partial charge in [0.1, 0.15) is 0 Å². The number of benzene rings is 1. The summed E-state index contributed by atoms with van der Waals surface area (Å²) < 4.78 is 38.1. The van der Waals surface area contributed by atoms with Gasteiger partial charge in [0, 0.05) is 59.9 Å². The van der Waals surface area contributed by atoms with E-state index < -0.39 is 11.7 Å². The molecule has 0 amide bonds. The molecule has 172 valence electrons. The van der Waals surface area contributed by atoms with E-state index in [0.717, 1.165) is 69.5 Å². The molecule has 0 bridgehead atoms. The van der Waals surface area contributed by atoms with Gasteiger partial charge in [-0.25, -0.2) is 0 Å². The molecule has 30 heavy (non-hydrogen) atoms. The van der Waals surface area contributed by atoms with E-state index in [1.54, 1.807) is 7.05 Å². The molecule has 1 aliphatic rings. The lowest BCUT2D eigenvalue weighted by atomic mass is 10.1. The highest BCUT2D eigenvalue weighted by Gasteiger charge is 2.30. The predicted octanol–water partition coefficient (Wildman–Crippen LogP) is 3.60. The van der Waals surface area contributed by atoms with Gasteiger partial charge in [-0.3, -0.25) is 4.99 Å². The maximum atomic E-state index is 12.7. The molecule has 1 aromatic rings. The number of alkyl halides is 3. The van der Waals surface area contributed by atoms with Crippen molar-refractivity contribution in [3.05, 3.63) is 35.4 Å². The molecule has 2 rings (SSSR count). The zero-order valence-corrected chi connectivity index (χ0v) is 20.7. The Morgan fingerprint density at radius 1 is 1.13 bits per heavy atom. The average molecular weight is 541 g/mol. The third kappa shape index (κ3) is 8.58. The van der Waals surface area contributed by atoms with E-state index in [0.29, 0.717) is 12.5 Å². The first-order valence-electron chi connectivity index (χ1n) is 10.3. The van der Waals surface area contributed by atoms with Crippen LogP contribution in [0.1, 0.15) is 25.0 Å². The van der Waals surface area contributed by atoms with Crippen LogP contribution in [0.25, 0.3) is 0 Å². The van der Waals surface area contributed by atoms with Gasteiger partial charge in [0.15, 0.2) is 5.96 Å². The van der Waals surface area contributed by atoms with Crippen molar-refractivity contribution in [2.45, 2.75) is 26.6 Å². The Morgan fingerprint density at radius 2 is 1.70 bits per heavy atom. The second-order valence-electron chi connectivity index (χ2n) is 7.82. The summed E-state index contributed by atoms with van der Waals surface area (Å²) >= 11 is 0. The van der Waals surface area contributed by atoms with Gasteiger partial charge in [0.25, 0.3) is 0 Å². The largest absolute Gasteiger partial charge is 0.416 e. The molecule has 0 spiro atoms.